The third kappa shape index (κ3) is 3.08. The lowest BCUT2D eigenvalue weighted by Crippen LogP contribution is -2.41. The Kier molecular flexibility index (Phi) is 4.14. The van der Waals surface area contributed by atoms with Gasteiger partial charge < -0.3 is 9.88 Å². The highest BCUT2D eigenvalue weighted by molar-refractivity contribution is 4.98. The molecule has 0 saturated carbocycles. The zero-order valence-corrected chi connectivity index (χ0v) is 11.4. The van der Waals surface area contributed by atoms with E-state index < -0.39 is 0 Å². The second kappa shape index (κ2) is 5.00. The molecule has 0 radical (unpaired) electrons. The van der Waals surface area contributed by atoms with Gasteiger partial charge in [0, 0.05) is 25.5 Å². The summed E-state index contributed by atoms with van der Waals surface area (Å²) in [6.45, 7) is 11.2. The molecule has 1 rings (SSSR count). The van der Waals surface area contributed by atoms with E-state index >= 15 is 0 Å². The van der Waals surface area contributed by atoms with Crippen LogP contribution in [-0.4, -0.2) is 15.6 Å². The molecule has 92 valence electrons. The van der Waals surface area contributed by atoms with Gasteiger partial charge in [-0.3, -0.25) is 0 Å². The van der Waals surface area contributed by atoms with E-state index in [1.807, 2.05) is 19.4 Å². The Labute approximate surface area is 99.3 Å². The lowest BCUT2D eigenvalue weighted by molar-refractivity contribution is 0.240. The van der Waals surface area contributed by atoms with Gasteiger partial charge in [0.05, 0.1) is 6.04 Å². The Morgan fingerprint density at radius 3 is 2.44 bits per heavy atom. The third-order valence-electron chi connectivity index (χ3n) is 3.15. The highest BCUT2D eigenvalue weighted by atomic mass is 15.1. The van der Waals surface area contributed by atoms with Gasteiger partial charge in [-0.05, 0) is 18.8 Å². The SMILES string of the molecule is CCC(NC(C)c1nccn1C)C(C)(C)C. The molecule has 1 aromatic heterocycles. The smallest absolute Gasteiger partial charge is 0.125 e. The first-order valence-corrected chi connectivity index (χ1v) is 6.09. The van der Waals surface area contributed by atoms with Crippen molar-refractivity contribution < 1.29 is 0 Å². The molecule has 0 aliphatic rings. The van der Waals surface area contributed by atoms with Gasteiger partial charge in [0.2, 0.25) is 0 Å². The Balaban J connectivity index is 2.70. The molecule has 3 heteroatoms. The van der Waals surface area contributed by atoms with Crippen LogP contribution in [0, 0.1) is 5.41 Å². The maximum atomic E-state index is 4.39. The van der Waals surface area contributed by atoms with Crippen LogP contribution in [0.1, 0.15) is 52.9 Å². The topological polar surface area (TPSA) is 29.9 Å². The van der Waals surface area contributed by atoms with Crippen LogP contribution in [0.15, 0.2) is 12.4 Å². The minimum absolute atomic E-state index is 0.286. The molecule has 0 amide bonds. The maximum absolute atomic E-state index is 4.39. The van der Waals surface area contributed by atoms with Crippen LogP contribution in [-0.2, 0) is 7.05 Å². The van der Waals surface area contributed by atoms with Crippen molar-refractivity contribution >= 4 is 0 Å². The lowest BCUT2D eigenvalue weighted by Gasteiger charge is -2.33. The first-order chi connectivity index (χ1) is 7.36. The average Bonchev–Trinajstić information content (AvgIpc) is 2.58. The summed E-state index contributed by atoms with van der Waals surface area (Å²) in [5.41, 5.74) is 0.286. The van der Waals surface area contributed by atoms with Gasteiger partial charge in [-0.1, -0.05) is 27.7 Å². The van der Waals surface area contributed by atoms with Gasteiger partial charge >= 0.3 is 0 Å². The summed E-state index contributed by atoms with van der Waals surface area (Å²) in [6.07, 6.45) is 4.98. The summed E-state index contributed by atoms with van der Waals surface area (Å²) in [5.74, 6) is 1.10. The van der Waals surface area contributed by atoms with Crippen LogP contribution in [0.4, 0.5) is 0 Å². The molecule has 0 aromatic carbocycles. The quantitative estimate of drug-likeness (QED) is 0.850. The van der Waals surface area contributed by atoms with Crippen molar-refractivity contribution in [2.24, 2.45) is 12.5 Å². The normalized spacial score (nSPS) is 16.1. The van der Waals surface area contributed by atoms with Crippen LogP contribution in [0.25, 0.3) is 0 Å². The fourth-order valence-electron chi connectivity index (χ4n) is 2.15. The molecule has 2 unspecified atom stereocenters. The van der Waals surface area contributed by atoms with Gasteiger partial charge in [-0.15, -0.1) is 0 Å². The Hall–Kier alpha value is -0.830. The van der Waals surface area contributed by atoms with E-state index in [9.17, 15) is 0 Å². The van der Waals surface area contributed by atoms with Crippen LogP contribution in [0.5, 0.6) is 0 Å². The minimum Gasteiger partial charge on any atom is -0.337 e. The molecular formula is C13H25N3. The Morgan fingerprint density at radius 2 is 2.06 bits per heavy atom. The van der Waals surface area contributed by atoms with E-state index in [1.54, 1.807) is 0 Å². The zero-order chi connectivity index (χ0) is 12.3. The van der Waals surface area contributed by atoms with Gasteiger partial charge in [0.15, 0.2) is 0 Å². The van der Waals surface area contributed by atoms with Crippen molar-refractivity contribution in [2.75, 3.05) is 0 Å². The van der Waals surface area contributed by atoms with Crippen LogP contribution in [0.3, 0.4) is 0 Å². The predicted octanol–water partition coefficient (Wildman–Crippen LogP) is 2.90. The van der Waals surface area contributed by atoms with Gasteiger partial charge in [0.1, 0.15) is 5.82 Å². The molecule has 0 aliphatic carbocycles. The second-order valence-corrected chi connectivity index (χ2v) is 5.61. The summed E-state index contributed by atoms with van der Waals surface area (Å²) in [4.78, 5) is 4.39. The summed E-state index contributed by atoms with van der Waals surface area (Å²) in [6, 6.07) is 0.809. The molecule has 0 spiro atoms. The van der Waals surface area contributed by atoms with Crippen molar-refractivity contribution in [2.45, 2.75) is 53.1 Å². The Bertz CT molecular complexity index is 322. The van der Waals surface area contributed by atoms with Crippen LogP contribution >= 0.6 is 0 Å². The van der Waals surface area contributed by atoms with Gasteiger partial charge in [-0.2, -0.15) is 0 Å². The molecule has 16 heavy (non-hydrogen) atoms. The number of rotatable bonds is 4. The Morgan fingerprint density at radius 1 is 1.44 bits per heavy atom. The van der Waals surface area contributed by atoms with Gasteiger partial charge in [-0.25, -0.2) is 4.98 Å². The van der Waals surface area contributed by atoms with Crippen molar-refractivity contribution in [3.8, 4) is 0 Å². The summed E-state index contributed by atoms with van der Waals surface area (Å²) in [5, 5.41) is 3.67. The molecule has 1 N–H and O–H groups in total. The summed E-state index contributed by atoms with van der Waals surface area (Å²) >= 11 is 0. The van der Waals surface area contributed by atoms with E-state index in [-0.39, 0.29) is 5.41 Å². The van der Waals surface area contributed by atoms with E-state index in [2.05, 4.69) is 49.5 Å². The molecule has 0 aliphatic heterocycles. The molecule has 1 aromatic rings. The number of hydrogen-bond donors (Lipinski definition) is 1. The first-order valence-electron chi connectivity index (χ1n) is 6.09. The third-order valence-corrected chi connectivity index (χ3v) is 3.15. The minimum atomic E-state index is 0.286. The largest absolute Gasteiger partial charge is 0.337 e. The second-order valence-electron chi connectivity index (χ2n) is 5.61. The number of nitrogens with zero attached hydrogens (tertiary/aromatic N) is 2. The first kappa shape index (κ1) is 13.2. The van der Waals surface area contributed by atoms with Crippen molar-refractivity contribution in [1.29, 1.82) is 0 Å². The summed E-state index contributed by atoms with van der Waals surface area (Å²) in [7, 11) is 2.04. The number of hydrogen-bond acceptors (Lipinski definition) is 2. The maximum Gasteiger partial charge on any atom is 0.125 e. The van der Waals surface area contributed by atoms with E-state index in [0.29, 0.717) is 12.1 Å². The fourth-order valence-corrected chi connectivity index (χ4v) is 2.15. The predicted molar refractivity (Wildman–Crippen MR) is 68.3 cm³/mol. The van der Waals surface area contributed by atoms with E-state index in [4.69, 9.17) is 0 Å². The van der Waals surface area contributed by atoms with Crippen molar-refractivity contribution in [3.63, 3.8) is 0 Å². The summed E-state index contributed by atoms with van der Waals surface area (Å²) < 4.78 is 2.08. The molecular weight excluding hydrogens is 198 g/mol. The molecule has 2 atom stereocenters. The van der Waals surface area contributed by atoms with Crippen molar-refractivity contribution in [3.05, 3.63) is 18.2 Å². The number of imidazole rings is 1. The van der Waals surface area contributed by atoms with E-state index in [1.165, 1.54) is 0 Å². The average molecular weight is 223 g/mol. The standard InChI is InChI=1S/C13H25N3/c1-7-11(13(3,4)5)15-10(2)12-14-8-9-16(12)6/h8-11,15H,7H2,1-6H3. The van der Waals surface area contributed by atoms with Gasteiger partial charge in [0.25, 0.3) is 0 Å². The monoisotopic (exact) mass is 223 g/mol. The number of aromatic nitrogens is 2. The molecule has 1 heterocycles. The fraction of sp³-hybridized carbons (Fsp3) is 0.769. The lowest BCUT2D eigenvalue weighted by atomic mass is 9.85. The van der Waals surface area contributed by atoms with Crippen LogP contribution < -0.4 is 5.32 Å². The zero-order valence-electron chi connectivity index (χ0n) is 11.4. The highest BCUT2D eigenvalue weighted by Crippen LogP contribution is 2.24. The number of aryl methyl sites for hydroxylation is 1. The van der Waals surface area contributed by atoms with Crippen LogP contribution in [0.2, 0.25) is 0 Å². The van der Waals surface area contributed by atoms with Crippen molar-refractivity contribution in [1.82, 2.24) is 14.9 Å². The van der Waals surface area contributed by atoms with E-state index in [0.717, 1.165) is 12.2 Å². The molecule has 0 fully saturated rings. The number of nitrogens with one attached hydrogen (secondary N) is 1. The molecule has 0 saturated heterocycles. The highest BCUT2D eigenvalue weighted by Gasteiger charge is 2.25. The molecule has 0 bridgehead atoms. The molecule has 3 nitrogen and oxygen atoms in total.